The molecule has 0 aromatic heterocycles. The van der Waals surface area contributed by atoms with Crippen molar-refractivity contribution >= 4 is 69.8 Å². The highest BCUT2D eigenvalue weighted by molar-refractivity contribution is 6.80. The lowest BCUT2D eigenvalue weighted by atomic mass is 9.98. The van der Waals surface area contributed by atoms with Crippen LogP contribution >= 0.6 is 34.8 Å². The van der Waals surface area contributed by atoms with E-state index in [0.717, 1.165) is 33.4 Å². The molecule has 0 aliphatic carbocycles. The van der Waals surface area contributed by atoms with Crippen LogP contribution in [0.1, 0.15) is 58.6 Å². The SMILES string of the molecule is CC(C)(C)OC(=O)C(=O)Cl.CCOC(=O)[C@H](O)C[C@@H](Cc1ccc(-c2cccc(Cl)c2)cc1)NC(=O)C(=O)O.CCOC(=O)[C@H](O)C[C@H](N)Cc1ccc(-c2cccc(Cl)c2)cc1. The first-order chi connectivity index (χ1) is 29.6. The molecule has 0 unspecified atom stereocenters. The molecular formula is C46H53Cl3N2O12. The summed E-state index contributed by atoms with van der Waals surface area (Å²) in [5.74, 6) is -5.30. The minimum atomic E-state index is -1.64. The van der Waals surface area contributed by atoms with Crippen LogP contribution in [0.4, 0.5) is 0 Å². The highest BCUT2D eigenvalue weighted by Crippen LogP contribution is 2.25. The molecule has 0 spiro atoms. The first kappa shape index (κ1) is 53.8. The highest BCUT2D eigenvalue weighted by Gasteiger charge is 2.26. The number of nitrogens with one attached hydrogen (secondary N) is 1. The predicted molar refractivity (Wildman–Crippen MR) is 240 cm³/mol. The number of esters is 3. The second kappa shape index (κ2) is 27.0. The van der Waals surface area contributed by atoms with Gasteiger partial charge in [0.2, 0.25) is 0 Å². The number of aliphatic hydroxyl groups is 2. The molecule has 17 heteroatoms. The standard InChI is InChI=1S/C21H22ClNO6.C19H22ClNO3.C6H9ClO3/c1-2-29-21(28)18(24)12-17(23-19(25)20(26)27)10-13-6-8-14(9-7-13)15-4-3-5-16(22)11-15;1-2-24-19(23)18(22)12-17(21)10-13-6-8-14(9-7-13)15-4-3-5-16(20)11-15;1-6(2,3)10-5(9)4(7)8/h3-9,11,17-18,24H,2,10,12H2,1H3,(H,23,25)(H,26,27);3-9,11,17-18,22H,2,10,12,21H2,1H3;1-3H3/t2*17-,18-;/m11./s1. The zero-order chi connectivity index (χ0) is 47.3. The Bertz CT molecular complexity index is 2130. The zero-order valence-electron chi connectivity index (χ0n) is 35.5. The first-order valence-corrected chi connectivity index (χ1v) is 20.9. The number of carboxylic acids is 1. The van der Waals surface area contributed by atoms with Gasteiger partial charge in [-0.3, -0.25) is 9.59 Å². The van der Waals surface area contributed by atoms with E-state index >= 15 is 0 Å². The zero-order valence-corrected chi connectivity index (χ0v) is 37.8. The van der Waals surface area contributed by atoms with Crippen LogP contribution in [0, 0.1) is 0 Å². The molecule has 340 valence electrons. The Kier molecular flexibility index (Phi) is 23.0. The third-order valence-electron chi connectivity index (χ3n) is 8.44. The third-order valence-corrected chi connectivity index (χ3v) is 9.07. The number of aliphatic hydroxyl groups excluding tert-OH is 2. The van der Waals surface area contributed by atoms with Crippen LogP contribution in [0.3, 0.4) is 0 Å². The van der Waals surface area contributed by atoms with Crippen molar-refractivity contribution < 1.29 is 58.3 Å². The van der Waals surface area contributed by atoms with Gasteiger partial charge in [0, 0.05) is 28.5 Å². The summed E-state index contributed by atoms with van der Waals surface area (Å²) in [6.45, 7) is 8.63. The molecule has 1 amide bonds. The second-order valence-electron chi connectivity index (χ2n) is 14.8. The van der Waals surface area contributed by atoms with Crippen molar-refractivity contribution in [3.63, 3.8) is 0 Å². The van der Waals surface area contributed by atoms with E-state index in [1.807, 2.05) is 91.0 Å². The van der Waals surface area contributed by atoms with Gasteiger partial charge >= 0.3 is 35.0 Å². The highest BCUT2D eigenvalue weighted by atomic mass is 35.5. The molecule has 0 bridgehead atoms. The number of benzene rings is 4. The van der Waals surface area contributed by atoms with E-state index in [9.17, 15) is 39.0 Å². The summed E-state index contributed by atoms with van der Waals surface area (Å²) in [6, 6.07) is 29.4. The van der Waals surface area contributed by atoms with E-state index in [4.69, 9.17) is 55.1 Å². The number of aliphatic carboxylic acids is 1. The molecule has 4 rings (SSSR count). The van der Waals surface area contributed by atoms with Gasteiger partial charge in [0.25, 0.3) is 0 Å². The lowest BCUT2D eigenvalue weighted by molar-refractivity contribution is -0.159. The molecule has 4 aromatic rings. The minimum Gasteiger partial charge on any atom is -0.474 e. The molecule has 0 saturated heterocycles. The number of carbonyl (C=O) groups excluding carboxylic acids is 5. The number of hydrogen-bond acceptors (Lipinski definition) is 12. The van der Waals surface area contributed by atoms with Crippen LogP contribution in [-0.4, -0.2) is 93.5 Å². The lowest BCUT2D eigenvalue weighted by Gasteiger charge is -2.20. The molecule has 4 aromatic carbocycles. The average Bonchev–Trinajstić information content (AvgIpc) is 3.21. The van der Waals surface area contributed by atoms with Crippen molar-refractivity contribution in [1.82, 2.24) is 5.32 Å². The molecule has 0 saturated carbocycles. The molecule has 63 heavy (non-hydrogen) atoms. The van der Waals surface area contributed by atoms with Crippen LogP contribution in [0.2, 0.25) is 10.0 Å². The van der Waals surface area contributed by atoms with Gasteiger partial charge in [0.15, 0.2) is 12.2 Å². The fourth-order valence-electron chi connectivity index (χ4n) is 5.66. The van der Waals surface area contributed by atoms with Crippen LogP contribution < -0.4 is 11.1 Å². The molecule has 0 fully saturated rings. The summed E-state index contributed by atoms with van der Waals surface area (Å²) in [5.41, 5.74) is 11.2. The lowest BCUT2D eigenvalue weighted by Crippen LogP contribution is -2.43. The fourth-order valence-corrected chi connectivity index (χ4v) is 6.08. The quantitative estimate of drug-likeness (QED) is 0.0341. The van der Waals surface area contributed by atoms with E-state index in [1.165, 1.54) is 0 Å². The van der Waals surface area contributed by atoms with Crippen LogP contribution in [0.5, 0.6) is 0 Å². The molecule has 0 aliphatic heterocycles. The monoisotopic (exact) mass is 930 g/mol. The number of carboxylic acid groups (broad SMARTS) is 1. The van der Waals surface area contributed by atoms with Gasteiger partial charge in [-0.1, -0.05) is 96.0 Å². The van der Waals surface area contributed by atoms with Gasteiger partial charge in [-0.2, -0.15) is 0 Å². The molecule has 6 N–H and O–H groups in total. The number of hydrogen-bond donors (Lipinski definition) is 5. The Balaban J connectivity index is 0.000000361. The fraction of sp³-hybridized carbons (Fsp3) is 0.348. The average molecular weight is 932 g/mol. The largest absolute Gasteiger partial charge is 0.474 e. The Labute approximate surface area is 381 Å². The number of nitrogens with two attached hydrogens (primary N) is 1. The topological polar surface area (TPSA) is 229 Å². The van der Waals surface area contributed by atoms with E-state index < -0.39 is 58.9 Å². The van der Waals surface area contributed by atoms with Crippen LogP contribution in [-0.2, 0) is 55.8 Å². The van der Waals surface area contributed by atoms with E-state index in [0.29, 0.717) is 16.5 Å². The number of halogens is 3. The maximum absolute atomic E-state index is 11.7. The van der Waals surface area contributed by atoms with Crippen LogP contribution in [0.25, 0.3) is 22.3 Å². The Hall–Kier alpha value is -5.35. The van der Waals surface area contributed by atoms with Crippen molar-refractivity contribution in [1.29, 1.82) is 0 Å². The van der Waals surface area contributed by atoms with Gasteiger partial charge in [0.1, 0.15) is 5.60 Å². The number of ether oxygens (including phenoxy) is 3. The van der Waals surface area contributed by atoms with Crippen molar-refractivity contribution in [2.24, 2.45) is 5.73 Å². The summed E-state index contributed by atoms with van der Waals surface area (Å²) < 4.78 is 14.1. The predicted octanol–water partition coefficient (Wildman–Crippen LogP) is 6.72. The molecule has 0 heterocycles. The molecule has 0 radical (unpaired) electrons. The van der Waals surface area contributed by atoms with Gasteiger partial charge < -0.3 is 40.6 Å². The summed E-state index contributed by atoms with van der Waals surface area (Å²) in [4.78, 5) is 66.1. The summed E-state index contributed by atoms with van der Waals surface area (Å²) in [6.07, 6.45) is -1.84. The minimum absolute atomic E-state index is 0.104. The van der Waals surface area contributed by atoms with Crippen molar-refractivity contribution in [2.45, 2.75) is 90.2 Å². The number of rotatable bonds is 16. The number of amides is 1. The molecule has 0 aliphatic rings. The normalized spacial score (nSPS) is 12.6. The number of carbonyl (C=O) groups is 6. The summed E-state index contributed by atoms with van der Waals surface area (Å²) in [7, 11) is 0. The van der Waals surface area contributed by atoms with Gasteiger partial charge in [0.05, 0.1) is 13.2 Å². The molecule has 4 atom stereocenters. The Morgan fingerprint density at radius 3 is 1.46 bits per heavy atom. The summed E-state index contributed by atoms with van der Waals surface area (Å²) in [5, 5.41) is 31.1. The van der Waals surface area contributed by atoms with Crippen molar-refractivity contribution in [3.05, 3.63) is 118 Å². The van der Waals surface area contributed by atoms with E-state index in [-0.39, 0.29) is 38.5 Å². The maximum atomic E-state index is 11.7. The first-order valence-electron chi connectivity index (χ1n) is 19.7. The van der Waals surface area contributed by atoms with E-state index in [1.54, 1.807) is 40.7 Å². The smallest absolute Gasteiger partial charge is 0.394 e. The Morgan fingerprint density at radius 2 is 1.10 bits per heavy atom. The van der Waals surface area contributed by atoms with Gasteiger partial charge in [-0.15, -0.1) is 0 Å². The van der Waals surface area contributed by atoms with Crippen molar-refractivity contribution in [2.75, 3.05) is 13.2 Å². The second-order valence-corrected chi connectivity index (χ2v) is 16.1. The van der Waals surface area contributed by atoms with Crippen molar-refractivity contribution in [3.8, 4) is 22.3 Å². The Morgan fingerprint density at radius 1 is 0.667 bits per heavy atom. The van der Waals surface area contributed by atoms with Gasteiger partial charge in [-0.25, -0.2) is 19.2 Å². The molecule has 14 nitrogen and oxygen atoms in total. The van der Waals surface area contributed by atoms with Crippen LogP contribution in [0.15, 0.2) is 97.1 Å². The molecular weight excluding hydrogens is 879 g/mol. The summed E-state index contributed by atoms with van der Waals surface area (Å²) >= 11 is 16.8. The van der Waals surface area contributed by atoms with Gasteiger partial charge in [-0.05, 0) is 123 Å². The van der Waals surface area contributed by atoms with E-state index in [2.05, 4.69) is 10.1 Å². The third kappa shape index (κ3) is 21.1. The maximum Gasteiger partial charge on any atom is 0.394 e.